The number of hydrogen-bond donors (Lipinski definition) is 1. The van der Waals surface area contributed by atoms with Crippen molar-refractivity contribution in [2.45, 2.75) is 45.7 Å². The molecular formula is C18H25NO. The van der Waals surface area contributed by atoms with Gasteiger partial charge in [0.25, 0.3) is 0 Å². The van der Waals surface area contributed by atoms with Gasteiger partial charge in [-0.25, -0.2) is 0 Å². The van der Waals surface area contributed by atoms with E-state index >= 15 is 0 Å². The van der Waals surface area contributed by atoms with Crippen molar-refractivity contribution >= 4 is 0 Å². The van der Waals surface area contributed by atoms with Crippen LogP contribution in [-0.2, 0) is 6.42 Å². The average Bonchev–Trinajstić information content (AvgIpc) is 2.96. The van der Waals surface area contributed by atoms with Gasteiger partial charge in [-0.2, -0.15) is 0 Å². The number of aryl methyl sites for hydroxylation is 1. The number of furan rings is 1. The molecule has 2 rings (SSSR count). The first kappa shape index (κ1) is 14.9. The van der Waals surface area contributed by atoms with Crippen LogP contribution in [0.25, 0.3) is 0 Å². The Bertz CT molecular complexity index is 475. The highest BCUT2D eigenvalue weighted by molar-refractivity contribution is 5.19. The standard InChI is InChI=1S/C18H25NO/c1-14(2)18(16-8-5-4-6-9-16)19-15(3)11-12-17-10-7-13-20-17/h4-10,13-15,18-19H,11-12H2,1-3H3. The van der Waals surface area contributed by atoms with Gasteiger partial charge in [0.05, 0.1) is 6.26 Å². The third kappa shape index (κ3) is 4.24. The monoisotopic (exact) mass is 271 g/mol. The summed E-state index contributed by atoms with van der Waals surface area (Å²) in [5, 5.41) is 3.75. The molecule has 1 aromatic heterocycles. The minimum absolute atomic E-state index is 0.405. The van der Waals surface area contributed by atoms with E-state index in [0.717, 1.165) is 18.6 Å². The summed E-state index contributed by atoms with van der Waals surface area (Å²) in [6, 6.07) is 15.6. The second kappa shape index (κ2) is 7.30. The molecule has 2 aromatic rings. The van der Waals surface area contributed by atoms with Crippen LogP contribution < -0.4 is 5.32 Å². The zero-order chi connectivity index (χ0) is 14.4. The van der Waals surface area contributed by atoms with Crippen LogP contribution in [0.5, 0.6) is 0 Å². The predicted molar refractivity (Wildman–Crippen MR) is 83.6 cm³/mol. The highest BCUT2D eigenvalue weighted by atomic mass is 16.3. The van der Waals surface area contributed by atoms with Crippen LogP contribution in [0.4, 0.5) is 0 Å². The van der Waals surface area contributed by atoms with E-state index in [1.807, 2.05) is 12.1 Å². The fourth-order valence-corrected chi connectivity index (χ4v) is 2.54. The molecule has 0 amide bonds. The Morgan fingerprint density at radius 2 is 1.75 bits per heavy atom. The Hall–Kier alpha value is -1.54. The molecule has 2 unspecified atom stereocenters. The summed E-state index contributed by atoms with van der Waals surface area (Å²) < 4.78 is 5.39. The van der Waals surface area contributed by atoms with E-state index in [2.05, 4.69) is 56.4 Å². The molecule has 0 saturated carbocycles. The van der Waals surface area contributed by atoms with Crippen LogP contribution in [0, 0.1) is 5.92 Å². The zero-order valence-electron chi connectivity index (χ0n) is 12.7. The molecule has 0 spiro atoms. The zero-order valence-corrected chi connectivity index (χ0v) is 12.7. The summed E-state index contributed by atoms with van der Waals surface area (Å²) in [5.41, 5.74) is 1.37. The summed E-state index contributed by atoms with van der Waals surface area (Å²) in [6.07, 6.45) is 3.82. The third-order valence-electron chi connectivity index (χ3n) is 3.69. The molecule has 0 radical (unpaired) electrons. The summed E-state index contributed by atoms with van der Waals surface area (Å²) in [6.45, 7) is 6.79. The van der Waals surface area contributed by atoms with Crippen LogP contribution >= 0.6 is 0 Å². The van der Waals surface area contributed by atoms with E-state index in [-0.39, 0.29) is 0 Å². The highest BCUT2D eigenvalue weighted by Crippen LogP contribution is 2.22. The maximum absolute atomic E-state index is 5.39. The van der Waals surface area contributed by atoms with Crippen molar-refractivity contribution in [2.75, 3.05) is 0 Å². The van der Waals surface area contributed by atoms with Gasteiger partial charge in [0.15, 0.2) is 0 Å². The van der Waals surface area contributed by atoms with Crippen molar-refractivity contribution in [1.82, 2.24) is 5.32 Å². The maximum atomic E-state index is 5.39. The molecule has 2 atom stereocenters. The molecule has 1 heterocycles. The molecule has 2 heteroatoms. The second-order valence-electron chi connectivity index (χ2n) is 5.82. The van der Waals surface area contributed by atoms with Crippen molar-refractivity contribution in [3.8, 4) is 0 Å². The third-order valence-corrected chi connectivity index (χ3v) is 3.69. The fraction of sp³-hybridized carbons (Fsp3) is 0.444. The summed E-state index contributed by atoms with van der Waals surface area (Å²) in [7, 11) is 0. The topological polar surface area (TPSA) is 25.2 Å². The Morgan fingerprint density at radius 1 is 1.00 bits per heavy atom. The minimum Gasteiger partial charge on any atom is -0.469 e. The molecule has 1 aromatic carbocycles. The molecular weight excluding hydrogens is 246 g/mol. The molecule has 2 nitrogen and oxygen atoms in total. The lowest BCUT2D eigenvalue weighted by Gasteiger charge is -2.27. The predicted octanol–water partition coefficient (Wildman–Crippen LogP) is 4.59. The SMILES string of the molecule is CC(CCc1ccco1)NC(c1ccccc1)C(C)C. The van der Waals surface area contributed by atoms with Gasteiger partial charge in [0, 0.05) is 18.5 Å². The van der Waals surface area contributed by atoms with Gasteiger partial charge in [0.2, 0.25) is 0 Å². The van der Waals surface area contributed by atoms with Crippen LogP contribution in [0.1, 0.15) is 44.6 Å². The molecule has 1 N–H and O–H groups in total. The molecule has 0 fully saturated rings. The lowest BCUT2D eigenvalue weighted by atomic mass is 9.95. The molecule has 0 aliphatic carbocycles. The second-order valence-corrected chi connectivity index (χ2v) is 5.82. The molecule has 108 valence electrons. The van der Waals surface area contributed by atoms with Gasteiger partial charge in [-0.05, 0) is 37.0 Å². The first-order valence-corrected chi connectivity index (χ1v) is 7.50. The Kier molecular flexibility index (Phi) is 5.42. The molecule has 20 heavy (non-hydrogen) atoms. The van der Waals surface area contributed by atoms with Gasteiger partial charge in [-0.15, -0.1) is 0 Å². The van der Waals surface area contributed by atoms with E-state index in [1.165, 1.54) is 5.56 Å². The molecule has 0 bridgehead atoms. The normalized spacial score (nSPS) is 14.4. The van der Waals surface area contributed by atoms with E-state index < -0.39 is 0 Å². The van der Waals surface area contributed by atoms with Crippen LogP contribution in [0.2, 0.25) is 0 Å². The van der Waals surface area contributed by atoms with Gasteiger partial charge in [-0.3, -0.25) is 0 Å². The lowest BCUT2D eigenvalue weighted by Crippen LogP contribution is -2.33. The van der Waals surface area contributed by atoms with Gasteiger partial charge >= 0.3 is 0 Å². The van der Waals surface area contributed by atoms with Crippen molar-refractivity contribution in [1.29, 1.82) is 0 Å². The van der Waals surface area contributed by atoms with E-state index in [9.17, 15) is 0 Å². The number of nitrogens with one attached hydrogen (secondary N) is 1. The Morgan fingerprint density at radius 3 is 2.35 bits per heavy atom. The Labute approximate surface area is 122 Å². The maximum Gasteiger partial charge on any atom is 0.103 e. The van der Waals surface area contributed by atoms with Gasteiger partial charge in [0.1, 0.15) is 5.76 Å². The van der Waals surface area contributed by atoms with Crippen molar-refractivity contribution in [3.05, 3.63) is 60.1 Å². The smallest absolute Gasteiger partial charge is 0.103 e. The lowest BCUT2D eigenvalue weighted by molar-refractivity contribution is 0.354. The van der Waals surface area contributed by atoms with E-state index in [0.29, 0.717) is 18.0 Å². The van der Waals surface area contributed by atoms with Crippen LogP contribution in [0.15, 0.2) is 53.1 Å². The fourth-order valence-electron chi connectivity index (χ4n) is 2.54. The first-order chi connectivity index (χ1) is 9.66. The minimum atomic E-state index is 0.405. The Balaban J connectivity index is 1.91. The molecule has 0 aliphatic heterocycles. The van der Waals surface area contributed by atoms with Crippen molar-refractivity contribution < 1.29 is 4.42 Å². The average molecular weight is 271 g/mol. The van der Waals surface area contributed by atoms with Crippen molar-refractivity contribution in [3.63, 3.8) is 0 Å². The largest absolute Gasteiger partial charge is 0.469 e. The van der Waals surface area contributed by atoms with Crippen LogP contribution in [-0.4, -0.2) is 6.04 Å². The van der Waals surface area contributed by atoms with Crippen molar-refractivity contribution in [2.24, 2.45) is 5.92 Å². The number of rotatable bonds is 7. The summed E-state index contributed by atoms with van der Waals surface area (Å²) in [4.78, 5) is 0. The molecule has 0 aliphatic rings. The molecule has 0 saturated heterocycles. The summed E-state index contributed by atoms with van der Waals surface area (Å²) >= 11 is 0. The van der Waals surface area contributed by atoms with Crippen LogP contribution in [0.3, 0.4) is 0 Å². The summed E-state index contributed by atoms with van der Waals surface area (Å²) in [5.74, 6) is 1.64. The quantitative estimate of drug-likeness (QED) is 0.797. The van der Waals surface area contributed by atoms with E-state index in [1.54, 1.807) is 6.26 Å². The van der Waals surface area contributed by atoms with Gasteiger partial charge < -0.3 is 9.73 Å². The highest BCUT2D eigenvalue weighted by Gasteiger charge is 2.17. The number of hydrogen-bond acceptors (Lipinski definition) is 2. The van der Waals surface area contributed by atoms with Gasteiger partial charge in [-0.1, -0.05) is 44.2 Å². The number of benzene rings is 1. The first-order valence-electron chi connectivity index (χ1n) is 7.50. The van der Waals surface area contributed by atoms with E-state index in [4.69, 9.17) is 4.42 Å².